The van der Waals surface area contributed by atoms with Gasteiger partial charge in [-0.1, -0.05) is 0 Å². The van der Waals surface area contributed by atoms with Crippen molar-refractivity contribution < 1.29 is 14.6 Å². The molecule has 19 heavy (non-hydrogen) atoms. The minimum absolute atomic E-state index is 0.359. The van der Waals surface area contributed by atoms with E-state index in [0.717, 1.165) is 24.6 Å². The van der Waals surface area contributed by atoms with Gasteiger partial charge in [-0.25, -0.2) is 4.98 Å². The van der Waals surface area contributed by atoms with E-state index in [1.807, 2.05) is 12.3 Å². The maximum Gasteiger partial charge on any atom is 0.315 e. The Morgan fingerprint density at radius 2 is 2.32 bits per heavy atom. The predicted molar refractivity (Wildman–Crippen MR) is 74.8 cm³/mol. The molecular formula is C13H20N2O3S. The summed E-state index contributed by atoms with van der Waals surface area (Å²) in [6.45, 7) is 6.10. The molecule has 1 aliphatic rings. The molecule has 1 heterocycles. The Bertz CT molecular complexity index is 452. The van der Waals surface area contributed by atoms with Gasteiger partial charge in [-0.05, 0) is 33.6 Å². The van der Waals surface area contributed by atoms with Gasteiger partial charge < -0.3 is 15.2 Å². The number of hydrogen-bond donors (Lipinski definition) is 2. The third kappa shape index (κ3) is 3.06. The van der Waals surface area contributed by atoms with Crippen molar-refractivity contribution in [3.05, 3.63) is 11.1 Å². The molecule has 5 nitrogen and oxygen atoms in total. The standard InChI is InChI=1S/C13H20N2O3S/c1-4-18-9-5-8(6-9)14-12-15-10(7-19-12)13(2,3)11(16)17/h7-9H,4-6H2,1-3H3,(H,14,15)(H,16,17). The molecule has 1 aliphatic carbocycles. The van der Waals surface area contributed by atoms with E-state index in [1.54, 1.807) is 13.8 Å². The summed E-state index contributed by atoms with van der Waals surface area (Å²) in [7, 11) is 0. The molecule has 0 amide bonds. The number of ether oxygens (including phenoxy) is 1. The Labute approximate surface area is 117 Å². The number of nitrogens with one attached hydrogen (secondary N) is 1. The molecule has 106 valence electrons. The highest BCUT2D eigenvalue weighted by molar-refractivity contribution is 7.13. The van der Waals surface area contributed by atoms with Crippen LogP contribution in [0.25, 0.3) is 0 Å². The van der Waals surface area contributed by atoms with Gasteiger partial charge in [0, 0.05) is 18.0 Å². The Balaban J connectivity index is 1.91. The lowest BCUT2D eigenvalue weighted by atomic mass is 9.89. The number of carboxylic acid groups (broad SMARTS) is 1. The number of carboxylic acids is 1. The van der Waals surface area contributed by atoms with Crippen LogP contribution in [-0.4, -0.2) is 34.8 Å². The van der Waals surface area contributed by atoms with E-state index in [4.69, 9.17) is 9.84 Å². The molecule has 1 saturated carbocycles. The number of thiazole rings is 1. The molecule has 0 atom stereocenters. The smallest absolute Gasteiger partial charge is 0.315 e. The molecule has 0 saturated heterocycles. The summed E-state index contributed by atoms with van der Waals surface area (Å²) in [5.74, 6) is -0.857. The summed E-state index contributed by atoms with van der Waals surface area (Å²) in [5, 5.41) is 15.1. The van der Waals surface area contributed by atoms with Crippen LogP contribution in [0.4, 0.5) is 5.13 Å². The van der Waals surface area contributed by atoms with E-state index in [-0.39, 0.29) is 0 Å². The highest BCUT2D eigenvalue weighted by Crippen LogP contribution is 2.31. The first-order valence-electron chi connectivity index (χ1n) is 6.51. The van der Waals surface area contributed by atoms with Gasteiger partial charge in [0.1, 0.15) is 5.41 Å². The zero-order chi connectivity index (χ0) is 14.0. The average Bonchev–Trinajstić information content (AvgIpc) is 2.75. The molecular weight excluding hydrogens is 264 g/mol. The molecule has 2 N–H and O–H groups in total. The Morgan fingerprint density at radius 3 is 2.89 bits per heavy atom. The number of hydrogen-bond acceptors (Lipinski definition) is 5. The minimum atomic E-state index is -0.941. The van der Waals surface area contributed by atoms with Crippen molar-refractivity contribution in [2.75, 3.05) is 11.9 Å². The van der Waals surface area contributed by atoms with Gasteiger partial charge >= 0.3 is 5.97 Å². The summed E-state index contributed by atoms with van der Waals surface area (Å²) in [6, 6.07) is 0.392. The van der Waals surface area contributed by atoms with Crippen molar-refractivity contribution >= 4 is 22.4 Å². The second kappa shape index (κ2) is 5.46. The third-order valence-electron chi connectivity index (χ3n) is 3.50. The van der Waals surface area contributed by atoms with Crippen LogP contribution in [0.5, 0.6) is 0 Å². The Hall–Kier alpha value is -1.14. The maximum atomic E-state index is 11.2. The van der Waals surface area contributed by atoms with E-state index in [2.05, 4.69) is 10.3 Å². The topological polar surface area (TPSA) is 71.5 Å². The fourth-order valence-electron chi connectivity index (χ4n) is 1.97. The summed E-state index contributed by atoms with van der Waals surface area (Å²) < 4.78 is 5.50. The second-order valence-corrected chi connectivity index (χ2v) is 6.22. The second-order valence-electron chi connectivity index (χ2n) is 5.36. The van der Waals surface area contributed by atoms with Crippen molar-refractivity contribution in [3.63, 3.8) is 0 Å². The summed E-state index contributed by atoms with van der Waals surface area (Å²) >= 11 is 1.46. The quantitative estimate of drug-likeness (QED) is 0.839. The van der Waals surface area contributed by atoms with E-state index in [0.29, 0.717) is 17.8 Å². The SMILES string of the molecule is CCOC1CC(Nc2nc(C(C)(C)C(=O)O)cs2)C1. The fourth-order valence-corrected chi connectivity index (χ4v) is 2.92. The molecule has 0 aliphatic heterocycles. The van der Waals surface area contributed by atoms with Crippen molar-refractivity contribution in [1.29, 1.82) is 0 Å². The highest BCUT2D eigenvalue weighted by atomic mass is 32.1. The molecule has 0 spiro atoms. The van der Waals surface area contributed by atoms with Crippen molar-refractivity contribution in [1.82, 2.24) is 4.98 Å². The lowest BCUT2D eigenvalue weighted by Crippen LogP contribution is -2.40. The van der Waals surface area contributed by atoms with Crippen LogP contribution < -0.4 is 5.32 Å². The van der Waals surface area contributed by atoms with Gasteiger partial charge in [-0.3, -0.25) is 4.79 Å². The lowest BCUT2D eigenvalue weighted by Gasteiger charge is -2.35. The lowest BCUT2D eigenvalue weighted by molar-refractivity contribution is -0.142. The molecule has 1 aromatic heterocycles. The van der Waals surface area contributed by atoms with E-state index >= 15 is 0 Å². The first-order chi connectivity index (χ1) is 8.93. The number of rotatable bonds is 6. The molecule has 0 radical (unpaired) electrons. The van der Waals surface area contributed by atoms with Crippen LogP contribution in [-0.2, 0) is 14.9 Å². The maximum absolute atomic E-state index is 11.2. The highest BCUT2D eigenvalue weighted by Gasteiger charge is 2.33. The van der Waals surface area contributed by atoms with Gasteiger partial charge in [0.15, 0.2) is 5.13 Å². The zero-order valence-electron chi connectivity index (χ0n) is 11.5. The van der Waals surface area contributed by atoms with Gasteiger partial charge in [-0.15, -0.1) is 11.3 Å². The third-order valence-corrected chi connectivity index (χ3v) is 4.28. The van der Waals surface area contributed by atoms with E-state index < -0.39 is 11.4 Å². The minimum Gasteiger partial charge on any atom is -0.481 e. The average molecular weight is 284 g/mol. The predicted octanol–water partition coefficient (Wildman–Crippen LogP) is 2.48. The largest absolute Gasteiger partial charge is 0.481 e. The summed E-state index contributed by atoms with van der Waals surface area (Å²) in [4.78, 5) is 15.5. The summed E-state index contributed by atoms with van der Waals surface area (Å²) in [6.07, 6.45) is 2.34. The molecule has 6 heteroatoms. The summed E-state index contributed by atoms with van der Waals surface area (Å²) in [5.41, 5.74) is -0.336. The van der Waals surface area contributed by atoms with Crippen molar-refractivity contribution in [2.24, 2.45) is 0 Å². The zero-order valence-corrected chi connectivity index (χ0v) is 12.3. The number of aliphatic carboxylic acids is 1. The van der Waals surface area contributed by atoms with Crippen molar-refractivity contribution in [2.45, 2.75) is 51.2 Å². The molecule has 1 aromatic rings. The van der Waals surface area contributed by atoms with E-state index in [1.165, 1.54) is 11.3 Å². The van der Waals surface area contributed by atoms with E-state index in [9.17, 15) is 4.79 Å². The van der Waals surface area contributed by atoms with Crippen LogP contribution in [0.3, 0.4) is 0 Å². The van der Waals surface area contributed by atoms with Crippen LogP contribution in [0.2, 0.25) is 0 Å². The first kappa shape index (κ1) is 14.3. The first-order valence-corrected chi connectivity index (χ1v) is 7.39. The molecule has 0 bridgehead atoms. The monoisotopic (exact) mass is 284 g/mol. The van der Waals surface area contributed by atoms with Crippen LogP contribution >= 0.6 is 11.3 Å². The fraction of sp³-hybridized carbons (Fsp3) is 0.692. The molecule has 0 unspecified atom stereocenters. The molecule has 1 fully saturated rings. The number of nitrogens with zero attached hydrogens (tertiary/aromatic N) is 1. The number of anilines is 1. The van der Waals surface area contributed by atoms with Crippen molar-refractivity contribution in [3.8, 4) is 0 Å². The Kier molecular flexibility index (Phi) is 4.10. The van der Waals surface area contributed by atoms with Gasteiger partial charge in [0.2, 0.25) is 0 Å². The molecule has 2 rings (SSSR count). The number of carbonyl (C=O) groups is 1. The van der Waals surface area contributed by atoms with Crippen LogP contribution in [0, 0.1) is 0 Å². The normalized spacial score (nSPS) is 22.9. The van der Waals surface area contributed by atoms with Gasteiger partial charge in [0.25, 0.3) is 0 Å². The van der Waals surface area contributed by atoms with Crippen LogP contribution in [0.1, 0.15) is 39.3 Å². The molecule has 0 aromatic carbocycles. The number of aromatic nitrogens is 1. The van der Waals surface area contributed by atoms with Gasteiger partial charge in [0.05, 0.1) is 11.8 Å². The van der Waals surface area contributed by atoms with Gasteiger partial charge in [-0.2, -0.15) is 0 Å². The Morgan fingerprint density at radius 1 is 1.63 bits per heavy atom. The van der Waals surface area contributed by atoms with Crippen LogP contribution in [0.15, 0.2) is 5.38 Å².